The molecule has 0 fully saturated rings. The zero-order valence-corrected chi connectivity index (χ0v) is 8.02. The van der Waals surface area contributed by atoms with Gasteiger partial charge in [0.1, 0.15) is 0 Å². The van der Waals surface area contributed by atoms with Crippen LogP contribution >= 0.6 is 0 Å². The van der Waals surface area contributed by atoms with Gasteiger partial charge in [-0.05, 0) is 32.4 Å². The van der Waals surface area contributed by atoms with Crippen LogP contribution in [0.25, 0.3) is 0 Å². The Hall–Kier alpha value is -0.720. The molecule has 0 rings (SSSR count). The van der Waals surface area contributed by atoms with Gasteiger partial charge in [-0.2, -0.15) is 0 Å². The molecule has 0 aromatic rings. The second kappa shape index (κ2) is 6.02. The molecule has 0 saturated heterocycles. The van der Waals surface area contributed by atoms with E-state index in [2.05, 4.69) is 44.4 Å². The third-order valence-electron chi connectivity index (χ3n) is 1.82. The molecule has 0 amide bonds. The number of nitrogens with one attached hydrogen (secondary N) is 1. The highest BCUT2D eigenvalue weighted by Gasteiger charge is 2.01. The lowest BCUT2D eigenvalue weighted by Crippen LogP contribution is -2.02. The third-order valence-corrected chi connectivity index (χ3v) is 1.82. The van der Waals surface area contributed by atoms with Crippen molar-refractivity contribution in [1.29, 1.82) is 0 Å². The Balaban J connectivity index is 4.13. The van der Waals surface area contributed by atoms with E-state index in [0.29, 0.717) is 5.92 Å². The summed E-state index contributed by atoms with van der Waals surface area (Å²) in [6, 6.07) is 0. The van der Waals surface area contributed by atoms with Crippen LogP contribution in [-0.4, -0.2) is 7.05 Å². The van der Waals surface area contributed by atoms with Gasteiger partial charge in [0, 0.05) is 7.05 Å². The van der Waals surface area contributed by atoms with Gasteiger partial charge in [-0.25, -0.2) is 0 Å². The summed E-state index contributed by atoms with van der Waals surface area (Å²) in [7, 11) is 1.94. The maximum atomic E-state index is 3.04. The Morgan fingerprint density at radius 2 is 2.18 bits per heavy atom. The predicted octanol–water partition coefficient (Wildman–Crippen LogP) is 2.71. The third kappa shape index (κ3) is 3.87. The molecule has 11 heavy (non-hydrogen) atoms. The lowest BCUT2D eigenvalue weighted by molar-refractivity contribution is 0.718. The predicted molar refractivity (Wildman–Crippen MR) is 51.4 cm³/mol. The molecule has 1 nitrogen and oxygen atoms in total. The van der Waals surface area contributed by atoms with Crippen LogP contribution in [-0.2, 0) is 0 Å². The monoisotopic (exact) mass is 153 g/mol. The summed E-state index contributed by atoms with van der Waals surface area (Å²) in [5.74, 6) is 0.604. The summed E-state index contributed by atoms with van der Waals surface area (Å²) in [6.45, 7) is 6.43. The largest absolute Gasteiger partial charge is 0.394 e. The molecule has 0 aliphatic carbocycles. The molecule has 0 aliphatic rings. The van der Waals surface area contributed by atoms with Gasteiger partial charge in [-0.1, -0.05) is 24.6 Å². The molecule has 64 valence electrons. The molecular formula is C10H19N. The van der Waals surface area contributed by atoms with Gasteiger partial charge in [-0.3, -0.25) is 0 Å². The minimum absolute atomic E-state index is 0.604. The molecule has 0 bridgehead atoms. The van der Waals surface area contributed by atoms with E-state index in [-0.39, 0.29) is 0 Å². The maximum Gasteiger partial charge on any atom is 0.00276 e. The van der Waals surface area contributed by atoms with Crippen LogP contribution in [0.5, 0.6) is 0 Å². The molecule has 0 aromatic carbocycles. The van der Waals surface area contributed by atoms with Crippen molar-refractivity contribution < 1.29 is 0 Å². The van der Waals surface area contributed by atoms with Crippen molar-refractivity contribution in [3.05, 3.63) is 23.9 Å². The first-order chi connectivity index (χ1) is 5.26. The van der Waals surface area contributed by atoms with E-state index in [4.69, 9.17) is 0 Å². The van der Waals surface area contributed by atoms with Crippen LogP contribution in [0.3, 0.4) is 0 Å². The van der Waals surface area contributed by atoms with Crippen molar-refractivity contribution in [3.63, 3.8) is 0 Å². The fraction of sp³-hybridized carbons (Fsp3) is 0.600. The van der Waals surface area contributed by atoms with E-state index < -0.39 is 0 Å². The van der Waals surface area contributed by atoms with Gasteiger partial charge in [-0.15, -0.1) is 0 Å². The Kier molecular flexibility index (Phi) is 5.63. The van der Waals surface area contributed by atoms with E-state index in [9.17, 15) is 0 Å². The molecule has 1 atom stereocenters. The lowest BCUT2D eigenvalue weighted by atomic mass is 9.98. The SMILES string of the molecule is C/C=C/C(CC)/C(C)=C\NC. The van der Waals surface area contributed by atoms with Crippen LogP contribution in [0.4, 0.5) is 0 Å². The Morgan fingerprint density at radius 1 is 1.55 bits per heavy atom. The van der Waals surface area contributed by atoms with Gasteiger partial charge in [0.25, 0.3) is 0 Å². The number of hydrogen-bond donors (Lipinski definition) is 1. The number of hydrogen-bond acceptors (Lipinski definition) is 1. The summed E-state index contributed by atoms with van der Waals surface area (Å²) in [5.41, 5.74) is 1.40. The van der Waals surface area contributed by atoms with Crippen molar-refractivity contribution >= 4 is 0 Å². The minimum atomic E-state index is 0.604. The molecule has 1 heteroatoms. The van der Waals surface area contributed by atoms with Gasteiger partial charge in [0.05, 0.1) is 0 Å². The average molecular weight is 153 g/mol. The van der Waals surface area contributed by atoms with Crippen molar-refractivity contribution in [1.82, 2.24) is 5.32 Å². The number of rotatable bonds is 4. The molecule has 0 saturated carbocycles. The Bertz CT molecular complexity index is 145. The molecule has 0 spiro atoms. The molecular weight excluding hydrogens is 134 g/mol. The number of allylic oxidation sites excluding steroid dienone is 3. The van der Waals surface area contributed by atoms with E-state index in [0.717, 1.165) is 0 Å². The summed E-state index contributed by atoms with van der Waals surface area (Å²) in [6.07, 6.45) is 7.59. The topological polar surface area (TPSA) is 12.0 Å². The van der Waals surface area contributed by atoms with E-state index >= 15 is 0 Å². The van der Waals surface area contributed by atoms with Crippen LogP contribution < -0.4 is 5.32 Å². The first kappa shape index (κ1) is 10.3. The zero-order valence-electron chi connectivity index (χ0n) is 8.02. The molecule has 1 N–H and O–H groups in total. The fourth-order valence-electron chi connectivity index (χ4n) is 1.18. The zero-order chi connectivity index (χ0) is 8.69. The lowest BCUT2D eigenvalue weighted by Gasteiger charge is -2.09. The first-order valence-electron chi connectivity index (χ1n) is 4.23. The van der Waals surface area contributed by atoms with Crippen LogP contribution in [0.1, 0.15) is 27.2 Å². The average Bonchev–Trinajstić information content (AvgIpc) is 2.00. The quantitative estimate of drug-likeness (QED) is 0.612. The normalized spacial score (nSPS) is 15.5. The van der Waals surface area contributed by atoms with E-state index in [1.165, 1.54) is 12.0 Å². The first-order valence-corrected chi connectivity index (χ1v) is 4.23. The highest BCUT2D eigenvalue weighted by atomic mass is 14.8. The minimum Gasteiger partial charge on any atom is -0.394 e. The molecule has 0 radical (unpaired) electrons. The summed E-state index contributed by atoms with van der Waals surface area (Å²) in [4.78, 5) is 0. The van der Waals surface area contributed by atoms with Crippen molar-refractivity contribution in [3.8, 4) is 0 Å². The second-order valence-electron chi connectivity index (χ2n) is 2.72. The van der Waals surface area contributed by atoms with Gasteiger partial charge in [0.15, 0.2) is 0 Å². The van der Waals surface area contributed by atoms with Crippen LogP contribution in [0.15, 0.2) is 23.9 Å². The van der Waals surface area contributed by atoms with Gasteiger partial charge >= 0.3 is 0 Å². The second-order valence-corrected chi connectivity index (χ2v) is 2.72. The van der Waals surface area contributed by atoms with Crippen molar-refractivity contribution in [2.24, 2.45) is 5.92 Å². The molecule has 1 unspecified atom stereocenters. The van der Waals surface area contributed by atoms with Crippen LogP contribution in [0, 0.1) is 5.92 Å². The highest BCUT2D eigenvalue weighted by Crippen LogP contribution is 2.14. The van der Waals surface area contributed by atoms with Gasteiger partial charge < -0.3 is 5.32 Å². The Labute approximate surface area is 70.2 Å². The smallest absolute Gasteiger partial charge is 0.00276 e. The highest BCUT2D eigenvalue weighted by molar-refractivity contribution is 5.09. The summed E-state index contributed by atoms with van der Waals surface area (Å²) < 4.78 is 0. The fourth-order valence-corrected chi connectivity index (χ4v) is 1.18. The van der Waals surface area contributed by atoms with E-state index in [1.807, 2.05) is 7.05 Å². The Morgan fingerprint density at radius 3 is 2.55 bits per heavy atom. The standard InChI is InChI=1S/C10H19N/c1-5-7-10(6-2)9(3)8-11-4/h5,7-8,10-11H,6H2,1-4H3/b7-5+,9-8-. The van der Waals surface area contributed by atoms with E-state index in [1.54, 1.807) is 0 Å². The molecule has 0 aromatic heterocycles. The maximum absolute atomic E-state index is 3.04. The molecule has 0 heterocycles. The van der Waals surface area contributed by atoms with Crippen molar-refractivity contribution in [2.45, 2.75) is 27.2 Å². The van der Waals surface area contributed by atoms with Crippen molar-refractivity contribution in [2.75, 3.05) is 7.05 Å². The van der Waals surface area contributed by atoms with Crippen LogP contribution in [0.2, 0.25) is 0 Å². The summed E-state index contributed by atoms with van der Waals surface area (Å²) >= 11 is 0. The van der Waals surface area contributed by atoms with Gasteiger partial charge in [0.2, 0.25) is 0 Å². The summed E-state index contributed by atoms with van der Waals surface area (Å²) in [5, 5.41) is 3.04. The molecule has 0 aliphatic heterocycles.